The fourth-order valence-electron chi connectivity index (χ4n) is 3.50. The van der Waals surface area contributed by atoms with E-state index in [1.54, 1.807) is 35.2 Å². The van der Waals surface area contributed by atoms with Crippen LogP contribution in [0.4, 0.5) is 17.1 Å². The number of anilines is 3. The fourth-order valence-corrected chi connectivity index (χ4v) is 4.88. The van der Waals surface area contributed by atoms with Gasteiger partial charge in [0.25, 0.3) is 0 Å². The van der Waals surface area contributed by atoms with Crippen molar-refractivity contribution in [2.75, 3.05) is 36.0 Å². The van der Waals surface area contributed by atoms with Crippen LogP contribution in [-0.2, 0) is 14.4 Å². The van der Waals surface area contributed by atoms with Crippen LogP contribution >= 0.6 is 23.4 Å². The van der Waals surface area contributed by atoms with Crippen LogP contribution in [0.25, 0.3) is 0 Å². The van der Waals surface area contributed by atoms with Gasteiger partial charge in [-0.2, -0.15) is 0 Å². The molecule has 3 amide bonds. The molecule has 11 heteroatoms. The Morgan fingerprint density at radius 3 is 2.58 bits per heavy atom. The summed E-state index contributed by atoms with van der Waals surface area (Å²) in [5.41, 5.74) is 2.11. The fraction of sp³-hybridized carbons (Fsp3) is 0.273. The van der Waals surface area contributed by atoms with Crippen molar-refractivity contribution in [2.45, 2.75) is 18.6 Å². The third-order valence-corrected chi connectivity index (χ3v) is 6.58. The highest BCUT2D eigenvalue weighted by Crippen LogP contribution is 2.33. The van der Waals surface area contributed by atoms with Gasteiger partial charge in [0.1, 0.15) is 24.3 Å². The molecule has 0 aliphatic carbocycles. The second-order valence-corrected chi connectivity index (χ2v) is 9.04. The summed E-state index contributed by atoms with van der Waals surface area (Å²) in [6.07, 6.45) is 0.0219. The van der Waals surface area contributed by atoms with Crippen molar-refractivity contribution in [3.63, 3.8) is 0 Å². The SMILES string of the molecule is COc1ccc(NC(=O)CC2SC3=NCN(c4ccc(NC(C)=O)cc4)CN3C2=O)cc1Cl. The van der Waals surface area contributed by atoms with Gasteiger partial charge in [0.2, 0.25) is 17.7 Å². The molecule has 2 aliphatic heterocycles. The zero-order valence-electron chi connectivity index (χ0n) is 18.0. The predicted octanol–water partition coefficient (Wildman–Crippen LogP) is 3.37. The van der Waals surface area contributed by atoms with Crippen molar-refractivity contribution in [2.24, 2.45) is 4.99 Å². The summed E-state index contributed by atoms with van der Waals surface area (Å²) < 4.78 is 5.11. The van der Waals surface area contributed by atoms with E-state index in [-0.39, 0.29) is 24.1 Å². The first-order valence-corrected chi connectivity index (χ1v) is 11.4. The van der Waals surface area contributed by atoms with Crippen LogP contribution in [0.3, 0.4) is 0 Å². The first-order valence-electron chi connectivity index (χ1n) is 10.1. The van der Waals surface area contributed by atoms with E-state index < -0.39 is 5.25 Å². The summed E-state index contributed by atoms with van der Waals surface area (Å²) in [5.74, 6) is -0.0608. The molecule has 1 saturated heterocycles. The lowest BCUT2D eigenvalue weighted by Gasteiger charge is -2.32. The smallest absolute Gasteiger partial charge is 0.244 e. The highest BCUT2D eigenvalue weighted by molar-refractivity contribution is 8.15. The molecule has 0 aromatic heterocycles. The maximum absolute atomic E-state index is 13.0. The lowest BCUT2D eigenvalue weighted by atomic mass is 10.2. The number of fused-ring (bicyclic) bond motifs is 1. The molecule has 2 heterocycles. The number of rotatable bonds is 6. The summed E-state index contributed by atoms with van der Waals surface area (Å²) in [7, 11) is 1.52. The maximum atomic E-state index is 13.0. The number of ether oxygens (including phenoxy) is 1. The Hall–Kier alpha value is -3.24. The molecular weight excluding hydrogens is 466 g/mol. The second kappa shape index (κ2) is 9.72. The highest BCUT2D eigenvalue weighted by atomic mass is 35.5. The van der Waals surface area contributed by atoms with Gasteiger partial charge in [-0.15, -0.1) is 0 Å². The van der Waals surface area contributed by atoms with Crippen LogP contribution < -0.4 is 20.3 Å². The van der Waals surface area contributed by atoms with E-state index in [0.29, 0.717) is 40.7 Å². The molecule has 1 unspecified atom stereocenters. The van der Waals surface area contributed by atoms with Gasteiger partial charge in [0, 0.05) is 30.4 Å². The van der Waals surface area contributed by atoms with Gasteiger partial charge in [-0.25, -0.2) is 4.99 Å². The number of amides is 3. The summed E-state index contributed by atoms with van der Waals surface area (Å²) in [4.78, 5) is 44.7. The van der Waals surface area contributed by atoms with E-state index in [1.807, 2.05) is 17.0 Å². The third kappa shape index (κ3) is 5.23. The van der Waals surface area contributed by atoms with Gasteiger partial charge in [0.15, 0.2) is 5.17 Å². The number of thioether (sulfide) groups is 1. The number of benzene rings is 2. The molecule has 0 spiro atoms. The van der Waals surface area contributed by atoms with E-state index in [2.05, 4.69) is 15.6 Å². The number of carbonyl (C=O) groups is 3. The molecule has 9 nitrogen and oxygen atoms in total. The molecule has 0 bridgehead atoms. The Labute approximate surface area is 200 Å². The van der Waals surface area contributed by atoms with Crippen molar-refractivity contribution in [3.05, 3.63) is 47.5 Å². The number of nitrogens with zero attached hydrogens (tertiary/aromatic N) is 3. The molecule has 0 saturated carbocycles. The average molecular weight is 488 g/mol. The van der Waals surface area contributed by atoms with Crippen LogP contribution in [0.15, 0.2) is 47.5 Å². The molecule has 2 aromatic rings. The number of hydrogen-bond acceptors (Lipinski definition) is 7. The molecule has 2 N–H and O–H groups in total. The summed E-state index contributed by atoms with van der Waals surface area (Å²) in [6.45, 7) is 2.19. The van der Waals surface area contributed by atoms with E-state index in [0.717, 1.165) is 5.69 Å². The second-order valence-electron chi connectivity index (χ2n) is 7.47. The molecule has 4 rings (SSSR count). The quantitative estimate of drug-likeness (QED) is 0.647. The Morgan fingerprint density at radius 1 is 1.18 bits per heavy atom. The lowest BCUT2D eigenvalue weighted by molar-refractivity contribution is -0.128. The average Bonchev–Trinajstić information content (AvgIpc) is 3.08. The molecule has 172 valence electrons. The van der Waals surface area contributed by atoms with E-state index in [9.17, 15) is 14.4 Å². The normalized spacial score (nSPS) is 17.4. The first-order chi connectivity index (χ1) is 15.8. The largest absolute Gasteiger partial charge is 0.495 e. The number of amidine groups is 1. The van der Waals surface area contributed by atoms with Crippen molar-refractivity contribution in [1.82, 2.24) is 4.90 Å². The molecule has 1 fully saturated rings. The Bertz CT molecular complexity index is 1120. The molecule has 2 aromatic carbocycles. The molecule has 33 heavy (non-hydrogen) atoms. The van der Waals surface area contributed by atoms with Gasteiger partial charge < -0.3 is 20.3 Å². The van der Waals surface area contributed by atoms with Gasteiger partial charge in [0.05, 0.1) is 12.1 Å². The van der Waals surface area contributed by atoms with Crippen LogP contribution in [0.5, 0.6) is 5.75 Å². The van der Waals surface area contributed by atoms with Crippen molar-refractivity contribution >= 4 is 63.3 Å². The van der Waals surface area contributed by atoms with Crippen LogP contribution in [0, 0.1) is 0 Å². The van der Waals surface area contributed by atoms with E-state index in [1.165, 1.54) is 25.8 Å². The van der Waals surface area contributed by atoms with Crippen LogP contribution in [0.2, 0.25) is 5.02 Å². The zero-order valence-corrected chi connectivity index (χ0v) is 19.6. The number of methoxy groups -OCH3 is 1. The summed E-state index contributed by atoms with van der Waals surface area (Å²) >= 11 is 7.41. The highest BCUT2D eigenvalue weighted by Gasteiger charge is 2.41. The van der Waals surface area contributed by atoms with Crippen LogP contribution in [0.1, 0.15) is 13.3 Å². The predicted molar refractivity (Wildman–Crippen MR) is 130 cm³/mol. The number of aliphatic imine (C=N–C) groups is 1. The van der Waals surface area contributed by atoms with Gasteiger partial charge in [-0.05, 0) is 42.5 Å². The monoisotopic (exact) mass is 487 g/mol. The van der Waals surface area contributed by atoms with Gasteiger partial charge >= 0.3 is 0 Å². The molecular formula is C22H22ClN5O4S. The summed E-state index contributed by atoms with van der Waals surface area (Å²) in [5, 5.41) is 5.96. The molecule has 0 radical (unpaired) electrons. The van der Waals surface area contributed by atoms with Gasteiger partial charge in [-0.3, -0.25) is 19.3 Å². The maximum Gasteiger partial charge on any atom is 0.244 e. The third-order valence-electron chi connectivity index (χ3n) is 5.07. The Balaban J connectivity index is 1.36. The molecule has 2 aliphatic rings. The number of nitrogens with one attached hydrogen (secondary N) is 2. The first kappa shape index (κ1) is 22.9. The number of halogens is 1. The minimum absolute atomic E-state index is 0.0219. The summed E-state index contributed by atoms with van der Waals surface area (Å²) in [6, 6.07) is 12.3. The number of hydrogen-bond donors (Lipinski definition) is 2. The Morgan fingerprint density at radius 2 is 1.91 bits per heavy atom. The van der Waals surface area contributed by atoms with Gasteiger partial charge in [-0.1, -0.05) is 23.4 Å². The number of carbonyl (C=O) groups excluding carboxylic acids is 3. The van der Waals surface area contributed by atoms with Crippen molar-refractivity contribution in [3.8, 4) is 5.75 Å². The van der Waals surface area contributed by atoms with E-state index in [4.69, 9.17) is 16.3 Å². The minimum atomic E-state index is -0.542. The molecule has 1 atom stereocenters. The lowest BCUT2D eigenvalue weighted by Crippen LogP contribution is -2.46. The topological polar surface area (TPSA) is 103 Å². The van der Waals surface area contributed by atoms with Crippen molar-refractivity contribution in [1.29, 1.82) is 0 Å². The minimum Gasteiger partial charge on any atom is -0.495 e. The van der Waals surface area contributed by atoms with Crippen LogP contribution in [-0.4, -0.2) is 53.5 Å². The zero-order chi connectivity index (χ0) is 23.5. The Kier molecular flexibility index (Phi) is 6.75. The standard InChI is InChI=1S/C22H22ClN5O4S/c1-13(29)25-14-3-6-16(7-4-14)27-11-24-22-28(12-27)21(31)19(33-22)10-20(30)26-15-5-8-18(32-2)17(23)9-15/h3-9,19H,10-12H2,1-2H3,(H,25,29)(H,26,30). The van der Waals surface area contributed by atoms with Crippen molar-refractivity contribution < 1.29 is 19.1 Å². The van der Waals surface area contributed by atoms with E-state index >= 15 is 0 Å².